The second-order valence-electron chi connectivity index (χ2n) is 7.37. The van der Waals surface area contributed by atoms with Gasteiger partial charge in [-0.25, -0.2) is 9.18 Å². The topological polar surface area (TPSA) is 103 Å². The number of methoxy groups -OCH3 is 1. The summed E-state index contributed by atoms with van der Waals surface area (Å²) in [6.07, 6.45) is 0.923. The number of rotatable bonds is 7. The Balaban J connectivity index is 1.67. The van der Waals surface area contributed by atoms with Crippen LogP contribution in [-0.4, -0.2) is 49.7 Å². The molecule has 3 rings (SSSR count). The first-order chi connectivity index (χ1) is 15.4. The highest BCUT2D eigenvalue weighted by Gasteiger charge is 2.25. The van der Waals surface area contributed by atoms with Crippen LogP contribution in [0.1, 0.15) is 35.7 Å². The second kappa shape index (κ2) is 10.8. The van der Waals surface area contributed by atoms with E-state index in [2.05, 4.69) is 5.32 Å². The number of likely N-dealkylation sites (tertiary alicyclic amines) is 1. The highest BCUT2D eigenvalue weighted by Crippen LogP contribution is 2.34. The molecule has 1 aliphatic rings. The predicted molar refractivity (Wildman–Crippen MR) is 116 cm³/mol. The Morgan fingerprint density at radius 3 is 2.47 bits per heavy atom. The van der Waals surface area contributed by atoms with Crippen LogP contribution in [0.2, 0.25) is 0 Å². The van der Waals surface area contributed by atoms with E-state index in [9.17, 15) is 14.0 Å². The highest BCUT2D eigenvalue weighted by atomic mass is 19.1. The first-order valence-corrected chi connectivity index (χ1v) is 10.5. The minimum absolute atomic E-state index is 0.00407. The number of nitrogens with two attached hydrogens (primary N) is 1. The van der Waals surface area contributed by atoms with E-state index in [1.807, 2.05) is 0 Å². The fourth-order valence-electron chi connectivity index (χ4n) is 3.46. The number of ether oxygens (including phenoxy) is 3. The monoisotopic (exact) mass is 445 g/mol. The van der Waals surface area contributed by atoms with E-state index in [4.69, 9.17) is 19.9 Å². The normalized spacial score (nSPS) is 14.1. The van der Waals surface area contributed by atoms with Gasteiger partial charge in [0.05, 0.1) is 13.7 Å². The average Bonchev–Trinajstić information content (AvgIpc) is 2.80. The Hall–Kier alpha value is -3.33. The molecule has 0 bridgehead atoms. The van der Waals surface area contributed by atoms with Crippen molar-refractivity contribution in [1.29, 1.82) is 0 Å². The lowest BCUT2D eigenvalue weighted by molar-refractivity contribution is 0.0859. The van der Waals surface area contributed by atoms with Crippen LogP contribution in [0.4, 0.5) is 9.18 Å². The number of hydrogen-bond donors (Lipinski definition) is 2. The molecule has 1 aliphatic heterocycles. The van der Waals surface area contributed by atoms with Gasteiger partial charge in [0.25, 0.3) is 5.91 Å². The van der Waals surface area contributed by atoms with Crippen LogP contribution in [0.5, 0.6) is 17.2 Å². The second-order valence-corrected chi connectivity index (χ2v) is 7.37. The van der Waals surface area contributed by atoms with Crippen LogP contribution >= 0.6 is 0 Å². The standard InChI is InChI=1S/C23H28FN3O5/c1-3-31-23(29)27-10-8-17(9-11-27)26-22(28)16-5-7-20(30-2)21(13-16)32-19-6-4-15(14-25)12-18(19)24/h4-7,12-13,17H,3,8-11,14,25H2,1-2H3,(H,26,28). The first kappa shape index (κ1) is 23.3. The number of halogens is 1. The number of benzene rings is 2. The van der Waals surface area contributed by atoms with Crippen molar-refractivity contribution in [3.8, 4) is 17.2 Å². The number of carbonyl (C=O) groups is 2. The van der Waals surface area contributed by atoms with Gasteiger partial charge in [-0.3, -0.25) is 4.79 Å². The van der Waals surface area contributed by atoms with Gasteiger partial charge in [0, 0.05) is 31.2 Å². The lowest BCUT2D eigenvalue weighted by atomic mass is 10.0. The predicted octanol–water partition coefficient (Wildman–Crippen LogP) is 3.44. The highest BCUT2D eigenvalue weighted by molar-refractivity contribution is 5.95. The molecular formula is C23H28FN3O5. The Bertz CT molecular complexity index is 961. The maximum absolute atomic E-state index is 14.3. The molecule has 2 aromatic rings. The van der Waals surface area contributed by atoms with Crippen molar-refractivity contribution in [1.82, 2.24) is 10.2 Å². The van der Waals surface area contributed by atoms with Crippen molar-refractivity contribution in [2.45, 2.75) is 32.4 Å². The van der Waals surface area contributed by atoms with Crippen molar-refractivity contribution < 1.29 is 28.2 Å². The van der Waals surface area contributed by atoms with Gasteiger partial charge in [-0.2, -0.15) is 0 Å². The number of amides is 2. The van der Waals surface area contributed by atoms with Crippen LogP contribution in [0, 0.1) is 5.82 Å². The molecule has 2 aromatic carbocycles. The number of hydrogen-bond acceptors (Lipinski definition) is 6. The summed E-state index contributed by atoms with van der Waals surface area (Å²) >= 11 is 0. The van der Waals surface area contributed by atoms with Crippen LogP contribution < -0.4 is 20.5 Å². The smallest absolute Gasteiger partial charge is 0.409 e. The van der Waals surface area contributed by atoms with Gasteiger partial charge in [0.1, 0.15) is 0 Å². The molecule has 8 nitrogen and oxygen atoms in total. The molecule has 1 heterocycles. The van der Waals surface area contributed by atoms with Gasteiger partial charge in [-0.1, -0.05) is 6.07 Å². The van der Waals surface area contributed by atoms with E-state index in [0.717, 1.165) is 0 Å². The maximum atomic E-state index is 14.3. The van der Waals surface area contributed by atoms with Gasteiger partial charge in [0.15, 0.2) is 23.1 Å². The molecule has 9 heteroatoms. The molecule has 172 valence electrons. The van der Waals surface area contributed by atoms with Crippen LogP contribution in [0.3, 0.4) is 0 Å². The zero-order valence-corrected chi connectivity index (χ0v) is 18.2. The number of nitrogens with one attached hydrogen (secondary N) is 1. The molecule has 0 saturated carbocycles. The SMILES string of the molecule is CCOC(=O)N1CCC(NC(=O)c2ccc(OC)c(Oc3ccc(CN)cc3F)c2)CC1. The number of nitrogens with zero attached hydrogens (tertiary/aromatic N) is 1. The summed E-state index contributed by atoms with van der Waals surface area (Å²) in [6, 6.07) is 9.12. The van der Waals surface area contributed by atoms with Gasteiger partial charge in [-0.05, 0) is 55.7 Å². The van der Waals surface area contributed by atoms with Gasteiger partial charge >= 0.3 is 6.09 Å². The Morgan fingerprint density at radius 1 is 1.12 bits per heavy atom. The van der Waals surface area contributed by atoms with E-state index in [-0.39, 0.29) is 36.1 Å². The largest absolute Gasteiger partial charge is 0.493 e. The van der Waals surface area contributed by atoms with Crippen molar-refractivity contribution in [2.75, 3.05) is 26.8 Å². The van der Waals surface area contributed by atoms with Crippen LogP contribution in [-0.2, 0) is 11.3 Å². The van der Waals surface area contributed by atoms with Crippen molar-refractivity contribution in [2.24, 2.45) is 5.73 Å². The van der Waals surface area contributed by atoms with Crippen molar-refractivity contribution >= 4 is 12.0 Å². The molecule has 0 aliphatic carbocycles. The third-order valence-electron chi connectivity index (χ3n) is 5.23. The number of carbonyl (C=O) groups excluding carboxylic acids is 2. The Morgan fingerprint density at radius 2 is 1.84 bits per heavy atom. The minimum Gasteiger partial charge on any atom is -0.493 e. The third kappa shape index (κ3) is 5.67. The van der Waals surface area contributed by atoms with Crippen LogP contribution in [0.15, 0.2) is 36.4 Å². The minimum atomic E-state index is -0.557. The van der Waals surface area contributed by atoms with E-state index < -0.39 is 5.82 Å². The molecule has 1 saturated heterocycles. The Labute approximate surface area is 186 Å². The summed E-state index contributed by atoms with van der Waals surface area (Å²) in [5.74, 6) is -0.253. The first-order valence-electron chi connectivity index (χ1n) is 10.5. The molecule has 3 N–H and O–H groups in total. The van der Waals surface area contributed by atoms with Crippen molar-refractivity contribution in [3.05, 3.63) is 53.3 Å². The maximum Gasteiger partial charge on any atom is 0.409 e. The van der Waals surface area contributed by atoms with E-state index >= 15 is 0 Å². The quantitative estimate of drug-likeness (QED) is 0.677. The molecule has 0 aromatic heterocycles. The van der Waals surface area contributed by atoms with E-state index in [0.29, 0.717) is 49.4 Å². The summed E-state index contributed by atoms with van der Waals surface area (Å²) in [5, 5.41) is 2.98. The molecule has 2 amide bonds. The lowest BCUT2D eigenvalue weighted by Crippen LogP contribution is -2.46. The molecule has 0 unspecified atom stereocenters. The fraction of sp³-hybridized carbons (Fsp3) is 0.391. The van der Waals surface area contributed by atoms with Crippen LogP contribution in [0.25, 0.3) is 0 Å². The molecule has 0 spiro atoms. The summed E-state index contributed by atoms with van der Waals surface area (Å²) in [5.41, 5.74) is 6.53. The van der Waals surface area contributed by atoms with Crippen molar-refractivity contribution in [3.63, 3.8) is 0 Å². The number of piperidine rings is 1. The average molecular weight is 445 g/mol. The lowest BCUT2D eigenvalue weighted by Gasteiger charge is -2.31. The molecule has 0 atom stereocenters. The Kier molecular flexibility index (Phi) is 7.88. The van der Waals surface area contributed by atoms with Gasteiger partial charge < -0.3 is 30.2 Å². The van der Waals surface area contributed by atoms with Gasteiger partial charge in [-0.15, -0.1) is 0 Å². The van der Waals surface area contributed by atoms with E-state index in [1.54, 1.807) is 30.0 Å². The summed E-state index contributed by atoms with van der Waals surface area (Å²) in [7, 11) is 1.47. The molecule has 32 heavy (non-hydrogen) atoms. The molecule has 1 fully saturated rings. The van der Waals surface area contributed by atoms with E-state index in [1.165, 1.54) is 25.3 Å². The van der Waals surface area contributed by atoms with Gasteiger partial charge in [0.2, 0.25) is 0 Å². The fourth-order valence-corrected chi connectivity index (χ4v) is 3.46. The zero-order valence-electron chi connectivity index (χ0n) is 18.2. The summed E-state index contributed by atoms with van der Waals surface area (Å²) in [6.45, 7) is 3.34. The third-order valence-corrected chi connectivity index (χ3v) is 5.23. The molecular weight excluding hydrogens is 417 g/mol. The summed E-state index contributed by atoms with van der Waals surface area (Å²) < 4.78 is 30.3. The molecule has 0 radical (unpaired) electrons. The zero-order chi connectivity index (χ0) is 23.1. The summed E-state index contributed by atoms with van der Waals surface area (Å²) in [4.78, 5) is 26.2.